The Kier molecular flexibility index (Phi) is 8.49. The molecule has 0 aliphatic rings. The van der Waals surface area contributed by atoms with E-state index < -0.39 is 0 Å². The maximum atomic E-state index is 12.6. The average Bonchev–Trinajstić information content (AvgIpc) is 3.20. The van der Waals surface area contributed by atoms with Gasteiger partial charge in [0.15, 0.2) is 0 Å². The summed E-state index contributed by atoms with van der Waals surface area (Å²) in [4.78, 5) is 38.8. The lowest BCUT2D eigenvalue weighted by molar-refractivity contribution is -0.115. The van der Waals surface area contributed by atoms with E-state index in [9.17, 15) is 14.4 Å². The third-order valence-electron chi connectivity index (χ3n) is 4.41. The van der Waals surface area contributed by atoms with Crippen LogP contribution in [0.15, 0.2) is 24.5 Å². The summed E-state index contributed by atoms with van der Waals surface area (Å²) in [5, 5.41) is 8.37. The first kappa shape index (κ1) is 23.5. The summed E-state index contributed by atoms with van der Waals surface area (Å²) in [6, 6.07) is 3.22. The molecule has 164 valence electrons. The summed E-state index contributed by atoms with van der Waals surface area (Å²) in [5.41, 5.74) is 1.85. The molecule has 10 heteroatoms. The molecule has 2 heterocycles. The quantitative estimate of drug-likeness (QED) is 0.391. The van der Waals surface area contributed by atoms with E-state index in [1.807, 2.05) is 14.1 Å². The molecule has 0 saturated carbocycles. The molecule has 2 aromatic rings. The first-order chi connectivity index (χ1) is 14.2. The molecule has 9 nitrogen and oxygen atoms in total. The van der Waals surface area contributed by atoms with Crippen LogP contribution < -0.4 is 16.0 Å². The smallest absolute Gasteiger partial charge is 0.272 e. The first-order valence-corrected chi connectivity index (χ1v) is 10.2. The fourth-order valence-electron chi connectivity index (χ4n) is 2.91. The molecule has 0 saturated heterocycles. The van der Waals surface area contributed by atoms with E-state index in [0.717, 1.165) is 13.0 Å². The lowest BCUT2D eigenvalue weighted by Crippen LogP contribution is -2.28. The number of hydrogen-bond acceptors (Lipinski definition) is 4. The number of nitrogens with zero attached hydrogens (tertiary/aromatic N) is 3. The van der Waals surface area contributed by atoms with Gasteiger partial charge in [-0.3, -0.25) is 14.4 Å². The Morgan fingerprint density at radius 2 is 1.53 bits per heavy atom. The third-order valence-corrected chi connectivity index (χ3v) is 4.59. The van der Waals surface area contributed by atoms with E-state index >= 15 is 0 Å². The molecule has 30 heavy (non-hydrogen) atoms. The molecular weight excluding hydrogens is 408 g/mol. The van der Waals surface area contributed by atoms with Crippen molar-refractivity contribution in [1.29, 1.82) is 0 Å². The Balaban J connectivity index is 1.99. The van der Waals surface area contributed by atoms with Gasteiger partial charge in [-0.25, -0.2) is 0 Å². The van der Waals surface area contributed by atoms with Gasteiger partial charge < -0.3 is 30.0 Å². The Hall–Kier alpha value is -2.78. The van der Waals surface area contributed by atoms with Gasteiger partial charge in [0.25, 0.3) is 11.8 Å². The average molecular weight is 437 g/mol. The Morgan fingerprint density at radius 3 is 2.10 bits per heavy atom. The Labute approximate surface area is 181 Å². The van der Waals surface area contributed by atoms with Crippen molar-refractivity contribution in [2.75, 3.05) is 43.7 Å². The van der Waals surface area contributed by atoms with Gasteiger partial charge in [0.05, 0.1) is 11.4 Å². The monoisotopic (exact) mass is 436 g/mol. The zero-order valence-corrected chi connectivity index (χ0v) is 18.5. The van der Waals surface area contributed by atoms with Crippen molar-refractivity contribution in [3.8, 4) is 0 Å². The Morgan fingerprint density at radius 1 is 0.967 bits per heavy atom. The number of rotatable bonds is 10. The van der Waals surface area contributed by atoms with E-state index in [-0.39, 0.29) is 30.0 Å². The van der Waals surface area contributed by atoms with Crippen molar-refractivity contribution >= 4 is 40.7 Å². The predicted molar refractivity (Wildman–Crippen MR) is 118 cm³/mol. The van der Waals surface area contributed by atoms with Crippen molar-refractivity contribution in [3.63, 3.8) is 0 Å². The minimum atomic E-state index is -0.348. The minimum absolute atomic E-state index is 0.195. The van der Waals surface area contributed by atoms with E-state index in [1.165, 1.54) is 0 Å². The number of amides is 3. The van der Waals surface area contributed by atoms with Gasteiger partial charge in [0.2, 0.25) is 5.91 Å². The van der Waals surface area contributed by atoms with Crippen LogP contribution in [0.25, 0.3) is 0 Å². The number of aromatic nitrogens is 2. The van der Waals surface area contributed by atoms with Gasteiger partial charge in [-0.15, -0.1) is 11.6 Å². The number of nitrogens with one attached hydrogen (secondary N) is 3. The van der Waals surface area contributed by atoms with E-state index in [4.69, 9.17) is 11.6 Å². The summed E-state index contributed by atoms with van der Waals surface area (Å²) in [5.74, 6) is -0.531. The molecule has 0 aliphatic carbocycles. The van der Waals surface area contributed by atoms with Gasteiger partial charge in [0, 0.05) is 45.3 Å². The molecule has 0 aromatic carbocycles. The molecule has 3 N–H and O–H groups in total. The number of aryl methyl sites for hydroxylation is 2. The minimum Gasteiger partial charge on any atom is -0.351 e. The van der Waals surface area contributed by atoms with Crippen LogP contribution in [0, 0.1) is 0 Å². The highest BCUT2D eigenvalue weighted by Crippen LogP contribution is 2.17. The summed E-state index contributed by atoms with van der Waals surface area (Å²) < 4.78 is 3.28. The van der Waals surface area contributed by atoms with Crippen molar-refractivity contribution in [2.24, 2.45) is 14.1 Å². The molecular formula is C20H29ClN6O3. The highest BCUT2D eigenvalue weighted by molar-refractivity contribution is 6.19. The van der Waals surface area contributed by atoms with Gasteiger partial charge in [-0.05, 0) is 39.2 Å². The van der Waals surface area contributed by atoms with Crippen LogP contribution in [0.5, 0.6) is 0 Å². The number of hydrogen-bond donors (Lipinski definition) is 3. The third kappa shape index (κ3) is 6.64. The molecule has 0 bridgehead atoms. The summed E-state index contributed by atoms with van der Waals surface area (Å²) >= 11 is 5.56. The zero-order valence-electron chi connectivity index (χ0n) is 17.8. The summed E-state index contributed by atoms with van der Waals surface area (Å²) in [6.45, 7) is 1.46. The summed E-state index contributed by atoms with van der Waals surface area (Å²) in [6.07, 6.45) is 4.38. The van der Waals surface area contributed by atoms with Crippen LogP contribution in [-0.4, -0.2) is 64.8 Å². The molecule has 0 fully saturated rings. The molecule has 3 amide bonds. The lowest BCUT2D eigenvalue weighted by atomic mass is 10.3. The van der Waals surface area contributed by atoms with Crippen molar-refractivity contribution in [2.45, 2.75) is 12.8 Å². The highest BCUT2D eigenvalue weighted by atomic mass is 35.5. The summed E-state index contributed by atoms with van der Waals surface area (Å²) in [7, 11) is 7.43. The molecule has 0 spiro atoms. The first-order valence-electron chi connectivity index (χ1n) is 9.64. The second-order valence-corrected chi connectivity index (χ2v) is 7.68. The van der Waals surface area contributed by atoms with Gasteiger partial charge >= 0.3 is 0 Å². The lowest BCUT2D eigenvalue weighted by Gasteiger charge is -2.10. The Bertz CT molecular complexity index is 902. The van der Waals surface area contributed by atoms with Crippen LogP contribution in [0.2, 0.25) is 0 Å². The van der Waals surface area contributed by atoms with Gasteiger partial charge in [-0.1, -0.05) is 0 Å². The maximum absolute atomic E-state index is 12.6. The molecule has 2 rings (SSSR count). The van der Waals surface area contributed by atoms with Crippen LogP contribution in [0.1, 0.15) is 33.8 Å². The predicted octanol–water partition coefficient (Wildman–Crippen LogP) is 1.86. The van der Waals surface area contributed by atoms with Gasteiger partial charge in [-0.2, -0.15) is 0 Å². The molecule has 0 radical (unpaired) electrons. The standard InChI is InChI=1S/C20H29ClN6O3/c1-25(2)9-5-8-22-19(29)16-11-15(13-26(16)3)24-20(30)17-10-14(12-27(17)4)23-18(28)6-7-21/h10-13H,5-9H2,1-4H3,(H,22,29)(H,23,28)(H,24,30). The van der Waals surface area contributed by atoms with E-state index in [2.05, 4.69) is 20.9 Å². The van der Waals surface area contributed by atoms with Crippen molar-refractivity contribution < 1.29 is 14.4 Å². The maximum Gasteiger partial charge on any atom is 0.272 e. The fourth-order valence-corrected chi connectivity index (χ4v) is 3.08. The molecule has 0 atom stereocenters. The second kappa shape index (κ2) is 10.8. The van der Waals surface area contributed by atoms with Crippen molar-refractivity contribution in [1.82, 2.24) is 19.4 Å². The molecule has 0 aliphatic heterocycles. The van der Waals surface area contributed by atoms with Crippen LogP contribution >= 0.6 is 11.6 Å². The second-order valence-electron chi connectivity index (χ2n) is 7.30. The van der Waals surface area contributed by atoms with Crippen LogP contribution in [0.4, 0.5) is 11.4 Å². The van der Waals surface area contributed by atoms with Gasteiger partial charge in [0.1, 0.15) is 11.4 Å². The largest absolute Gasteiger partial charge is 0.351 e. The van der Waals surface area contributed by atoms with Crippen LogP contribution in [-0.2, 0) is 18.9 Å². The van der Waals surface area contributed by atoms with E-state index in [1.54, 1.807) is 47.8 Å². The number of alkyl halides is 1. The number of anilines is 2. The molecule has 2 aromatic heterocycles. The molecule has 0 unspecified atom stereocenters. The highest BCUT2D eigenvalue weighted by Gasteiger charge is 2.16. The van der Waals surface area contributed by atoms with Crippen LogP contribution in [0.3, 0.4) is 0 Å². The number of halogens is 1. The topological polar surface area (TPSA) is 100 Å². The zero-order chi connectivity index (χ0) is 22.3. The SMILES string of the molecule is CN(C)CCCNC(=O)c1cc(NC(=O)c2cc(NC(=O)CCCl)cn2C)cn1C. The fraction of sp³-hybridized carbons (Fsp3) is 0.450. The van der Waals surface area contributed by atoms with E-state index in [0.29, 0.717) is 29.3 Å². The number of carbonyl (C=O) groups excluding carboxylic acids is 3. The van der Waals surface area contributed by atoms with Crippen molar-refractivity contribution in [3.05, 3.63) is 35.9 Å². The number of carbonyl (C=O) groups is 3. The normalized spacial score (nSPS) is 10.9.